The number of hydrogen-bond donors (Lipinski definition) is 1. The second-order valence-electron chi connectivity index (χ2n) is 4.07. The van der Waals surface area contributed by atoms with Crippen LogP contribution in [0.25, 0.3) is 0 Å². The van der Waals surface area contributed by atoms with Gasteiger partial charge in [0.1, 0.15) is 18.0 Å². The number of rotatable bonds is 5. The zero-order valence-electron chi connectivity index (χ0n) is 10.6. The van der Waals surface area contributed by atoms with Crippen LogP contribution in [0.3, 0.4) is 0 Å². The molecule has 1 N–H and O–H groups in total. The van der Waals surface area contributed by atoms with Gasteiger partial charge in [-0.2, -0.15) is 0 Å². The van der Waals surface area contributed by atoms with E-state index < -0.39 is 0 Å². The predicted octanol–water partition coefficient (Wildman–Crippen LogP) is 1.30. The fourth-order valence-electron chi connectivity index (χ4n) is 1.56. The molecule has 0 saturated heterocycles. The summed E-state index contributed by atoms with van der Waals surface area (Å²) in [5.41, 5.74) is 1.05. The van der Waals surface area contributed by atoms with Gasteiger partial charge >= 0.3 is 0 Å². The fourth-order valence-corrected chi connectivity index (χ4v) is 1.56. The Bertz CT molecular complexity index is 341. The minimum atomic E-state index is 0.230. The normalized spacial score (nSPS) is 12.3. The Hall–Kier alpha value is -1.36. The van der Waals surface area contributed by atoms with Gasteiger partial charge in [0.05, 0.1) is 6.61 Å². The van der Waals surface area contributed by atoms with Crippen LogP contribution in [-0.2, 0) is 4.74 Å². The Balaban J connectivity index is 2.84. The average molecular weight is 224 g/mol. The van der Waals surface area contributed by atoms with E-state index in [1.165, 1.54) is 0 Å². The summed E-state index contributed by atoms with van der Waals surface area (Å²) in [7, 11) is 5.63. The van der Waals surface area contributed by atoms with Gasteiger partial charge in [-0.25, -0.2) is 9.97 Å². The topological polar surface area (TPSA) is 50.3 Å². The summed E-state index contributed by atoms with van der Waals surface area (Å²) in [5.74, 6) is 1.80. The van der Waals surface area contributed by atoms with Gasteiger partial charge in [-0.05, 0) is 13.8 Å². The molecule has 0 aliphatic carbocycles. The van der Waals surface area contributed by atoms with Gasteiger partial charge in [0.2, 0.25) is 0 Å². The van der Waals surface area contributed by atoms with E-state index in [0.29, 0.717) is 6.61 Å². The standard InChI is InChI=1S/C11H20N4O/c1-8(6-16-5)14-10-9(2)11(15(3)4)13-7-12-10/h7-8H,6H2,1-5H3,(H,12,13,14)/t8-/m1/s1. The molecule has 0 aromatic carbocycles. The van der Waals surface area contributed by atoms with Crippen molar-refractivity contribution >= 4 is 11.6 Å². The molecule has 1 heterocycles. The van der Waals surface area contributed by atoms with Crippen molar-refractivity contribution < 1.29 is 4.74 Å². The molecule has 0 spiro atoms. The first kappa shape index (κ1) is 12.7. The first-order chi connectivity index (χ1) is 7.56. The summed E-state index contributed by atoms with van der Waals surface area (Å²) in [6.45, 7) is 4.72. The lowest BCUT2D eigenvalue weighted by molar-refractivity contribution is 0.190. The van der Waals surface area contributed by atoms with Crippen molar-refractivity contribution in [1.82, 2.24) is 9.97 Å². The summed E-state index contributed by atoms with van der Waals surface area (Å²) >= 11 is 0. The summed E-state index contributed by atoms with van der Waals surface area (Å²) in [6.07, 6.45) is 1.57. The third kappa shape index (κ3) is 3.06. The van der Waals surface area contributed by atoms with Crippen LogP contribution in [0, 0.1) is 6.92 Å². The molecule has 5 heteroatoms. The number of methoxy groups -OCH3 is 1. The highest BCUT2D eigenvalue weighted by molar-refractivity contribution is 5.57. The molecule has 0 aliphatic heterocycles. The van der Waals surface area contributed by atoms with Crippen molar-refractivity contribution in [2.75, 3.05) is 38.0 Å². The Morgan fingerprint density at radius 1 is 1.44 bits per heavy atom. The molecule has 5 nitrogen and oxygen atoms in total. The molecule has 1 aromatic heterocycles. The van der Waals surface area contributed by atoms with Crippen molar-refractivity contribution in [2.24, 2.45) is 0 Å². The quantitative estimate of drug-likeness (QED) is 0.817. The molecule has 0 bridgehead atoms. The molecule has 0 amide bonds. The van der Waals surface area contributed by atoms with Crippen LogP contribution in [0.15, 0.2) is 6.33 Å². The van der Waals surface area contributed by atoms with Crippen molar-refractivity contribution in [3.63, 3.8) is 0 Å². The van der Waals surface area contributed by atoms with Crippen LogP contribution in [-0.4, -0.2) is 43.8 Å². The van der Waals surface area contributed by atoms with Crippen LogP contribution in [0.4, 0.5) is 11.6 Å². The summed E-state index contributed by atoms with van der Waals surface area (Å²) in [6, 6.07) is 0.230. The molecule has 16 heavy (non-hydrogen) atoms. The largest absolute Gasteiger partial charge is 0.383 e. The fraction of sp³-hybridized carbons (Fsp3) is 0.636. The summed E-state index contributed by atoms with van der Waals surface area (Å²) in [5, 5.41) is 3.30. The maximum atomic E-state index is 5.08. The second-order valence-corrected chi connectivity index (χ2v) is 4.07. The molecule has 1 atom stereocenters. The molecule has 0 radical (unpaired) electrons. The highest BCUT2D eigenvalue weighted by Crippen LogP contribution is 2.20. The maximum absolute atomic E-state index is 5.08. The van der Waals surface area contributed by atoms with Crippen LogP contribution in [0.5, 0.6) is 0 Å². The number of nitrogens with one attached hydrogen (secondary N) is 1. The van der Waals surface area contributed by atoms with Crippen LogP contribution < -0.4 is 10.2 Å². The zero-order valence-corrected chi connectivity index (χ0v) is 10.6. The van der Waals surface area contributed by atoms with Crippen molar-refractivity contribution in [3.05, 3.63) is 11.9 Å². The number of hydrogen-bond acceptors (Lipinski definition) is 5. The van der Waals surface area contributed by atoms with Crippen molar-refractivity contribution in [2.45, 2.75) is 19.9 Å². The molecule has 90 valence electrons. The third-order valence-electron chi connectivity index (χ3n) is 2.28. The number of ether oxygens (including phenoxy) is 1. The van der Waals surface area contributed by atoms with E-state index in [2.05, 4.69) is 22.2 Å². The smallest absolute Gasteiger partial charge is 0.136 e. The SMILES string of the molecule is COC[C@@H](C)Nc1ncnc(N(C)C)c1C. The first-order valence-corrected chi connectivity index (χ1v) is 5.30. The van der Waals surface area contributed by atoms with Crippen LogP contribution in [0.1, 0.15) is 12.5 Å². The lowest BCUT2D eigenvalue weighted by Gasteiger charge is -2.19. The Kier molecular flexibility index (Phi) is 4.49. The predicted molar refractivity (Wildman–Crippen MR) is 66.1 cm³/mol. The molecular formula is C11H20N4O. The van der Waals surface area contributed by atoms with Crippen LogP contribution in [0.2, 0.25) is 0 Å². The van der Waals surface area contributed by atoms with Crippen LogP contribution >= 0.6 is 0 Å². The Morgan fingerprint density at radius 2 is 2.12 bits per heavy atom. The Labute approximate surface area is 96.8 Å². The molecule has 0 aliphatic rings. The molecule has 0 fully saturated rings. The van der Waals surface area contributed by atoms with E-state index in [-0.39, 0.29) is 6.04 Å². The minimum absolute atomic E-state index is 0.230. The zero-order chi connectivity index (χ0) is 12.1. The van der Waals surface area contributed by atoms with Gasteiger partial charge in [0, 0.05) is 32.8 Å². The lowest BCUT2D eigenvalue weighted by Crippen LogP contribution is -2.23. The van der Waals surface area contributed by atoms with E-state index in [1.54, 1.807) is 13.4 Å². The maximum Gasteiger partial charge on any atom is 0.136 e. The number of nitrogens with zero attached hydrogens (tertiary/aromatic N) is 3. The van der Waals surface area contributed by atoms with E-state index in [4.69, 9.17) is 4.74 Å². The van der Waals surface area contributed by atoms with Gasteiger partial charge < -0.3 is 15.0 Å². The highest BCUT2D eigenvalue weighted by atomic mass is 16.5. The second kappa shape index (κ2) is 5.65. The van der Waals surface area contributed by atoms with Crippen molar-refractivity contribution in [3.8, 4) is 0 Å². The van der Waals surface area contributed by atoms with Gasteiger partial charge in [-0.3, -0.25) is 0 Å². The van der Waals surface area contributed by atoms with Gasteiger partial charge in [-0.1, -0.05) is 0 Å². The highest BCUT2D eigenvalue weighted by Gasteiger charge is 2.10. The molecule has 1 aromatic rings. The van der Waals surface area contributed by atoms with E-state index in [9.17, 15) is 0 Å². The molecular weight excluding hydrogens is 204 g/mol. The monoisotopic (exact) mass is 224 g/mol. The van der Waals surface area contributed by atoms with Gasteiger partial charge in [-0.15, -0.1) is 0 Å². The Morgan fingerprint density at radius 3 is 2.69 bits per heavy atom. The van der Waals surface area contributed by atoms with E-state index >= 15 is 0 Å². The minimum Gasteiger partial charge on any atom is -0.383 e. The number of anilines is 2. The molecule has 0 saturated carbocycles. The van der Waals surface area contributed by atoms with Gasteiger partial charge in [0.15, 0.2) is 0 Å². The average Bonchev–Trinajstić information content (AvgIpc) is 2.21. The summed E-state index contributed by atoms with van der Waals surface area (Å²) in [4.78, 5) is 10.4. The summed E-state index contributed by atoms with van der Waals surface area (Å²) < 4.78 is 5.08. The van der Waals surface area contributed by atoms with E-state index in [0.717, 1.165) is 17.2 Å². The molecule has 0 unspecified atom stereocenters. The van der Waals surface area contributed by atoms with E-state index in [1.807, 2.05) is 25.9 Å². The third-order valence-corrected chi connectivity index (χ3v) is 2.28. The first-order valence-electron chi connectivity index (χ1n) is 5.30. The van der Waals surface area contributed by atoms with Crippen molar-refractivity contribution in [1.29, 1.82) is 0 Å². The van der Waals surface area contributed by atoms with Gasteiger partial charge in [0.25, 0.3) is 0 Å². The number of aromatic nitrogens is 2. The molecule has 1 rings (SSSR count). The lowest BCUT2D eigenvalue weighted by atomic mass is 10.2.